The maximum absolute atomic E-state index is 4.94. The third kappa shape index (κ3) is 2.03. The Balaban J connectivity index is 2.60. The van der Waals surface area contributed by atoms with Crippen molar-refractivity contribution in [2.24, 2.45) is 12.9 Å². The molecule has 0 saturated carbocycles. The van der Waals surface area contributed by atoms with Crippen molar-refractivity contribution in [1.82, 2.24) is 9.55 Å². The van der Waals surface area contributed by atoms with Gasteiger partial charge in [0, 0.05) is 19.2 Å². The first-order valence-electron chi connectivity index (χ1n) is 3.53. The highest BCUT2D eigenvalue weighted by atomic mass is 16.6. The molecule has 0 aromatic carbocycles. The second kappa shape index (κ2) is 3.50. The van der Waals surface area contributed by atoms with Crippen LogP contribution < -0.4 is 5.90 Å². The largest absolute Gasteiger partial charge is 0.340 e. The molecule has 1 rings (SSSR count). The van der Waals surface area contributed by atoms with Crippen LogP contribution in [0.1, 0.15) is 18.5 Å². The van der Waals surface area contributed by atoms with E-state index in [-0.39, 0.29) is 5.92 Å². The lowest BCUT2D eigenvalue weighted by molar-refractivity contribution is 0.126. The van der Waals surface area contributed by atoms with Crippen LogP contribution in [0.15, 0.2) is 12.5 Å². The van der Waals surface area contributed by atoms with Gasteiger partial charge >= 0.3 is 0 Å². The van der Waals surface area contributed by atoms with Crippen molar-refractivity contribution in [3.8, 4) is 0 Å². The molecule has 0 spiro atoms. The molecule has 11 heavy (non-hydrogen) atoms. The van der Waals surface area contributed by atoms with Crippen LogP contribution in [0.25, 0.3) is 0 Å². The molecule has 4 heteroatoms. The molecule has 1 aromatic heterocycles. The van der Waals surface area contributed by atoms with Crippen molar-refractivity contribution in [3.63, 3.8) is 0 Å². The van der Waals surface area contributed by atoms with E-state index in [1.54, 1.807) is 6.33 Å². The first kappa shape index (κ1) is 8.23. The molecular weight excluding hydrogens is 142 g/mol. The highest BCUT2D eigenvalue weighted by Crippen LogP contribution is 2.10. The molecule has 2 N–H and O–H groups in total. The van der Waals surface area contributed by atoms with Crippen molar-refractivity contribution < 1.29 is 4.84 Å². The van der Waals surface area contributed by atoms with Crippen molar-refractivity contribution in [3.05, 3.63) is 18.2 Å². The van der Waals surface area contributed by atoms with E-state index in [9.17, 15) is 0 Å². The summed E-state index contributed by atoms with van der Waals surface area (Å²) in [6.45, 7) is 2.53. The smallest absolute Gasteiger partial charge is 0.0946 e. The molecule has 0 aliphatic rings. The van der Waals surface area contributed by atoms with E-state index in [1.807, 2.05) is 24.7 Å². The van der Waals surface area contributed by atoms with E-state index in [0.29, 0.717) is 6.61 Å². The fourth-order valence-electron chi connectivity index (χ4n) is 0.917. The lowest BCUT2D eigenvalue weighted by atomic mass is 10.1. The molecule has 62 valence electrons. The molecule has 4 nitrogen and oxygen atoms in total. The van der Waals surface area contributed by atoms with E-state index in [4.69, 9.17) is 5.90 Å². The summed E-state index contributed by atoms with van der Waals surface area (Å²) >= 11 is 0. The van der Waals surface area contributed by atoms with Gasteiger partial charge in [-0.2, -0.15) is 0 Å². The minimum atomic E-state index is 0.265. The molecule has 0 aliphatic carbocycles. The van der Waals surface area contributed by atoms with Gasteiger partial charge in [-0.1, -0.05) is 6.92 Å². The number of aryl methyl sites for hydroxylation is 1. The summed E-state index contributed by atoms with van der Waals surface area (Å²) in [6.07, 6.45) is 3.73. The Morgan fingerprint density at radius 2 is 2.55 bits per heavy atom. The SMILES string of the molecule is CC(CON)c1cn(C)cn1. The molecule has 0 bridgehead atoms. The Morgan fingerprint density at radius 3 is 3.00 bits per heavy atom. The molecule has 0 saturated heterocycles. The summed E-state index contributed by atoms with van der Waals surface area (Å²) in [5.41, 5.74) is 1.01. The van der Waals surface area contributed by atoms with Crippen LogP contribution in [0.5, 0.6) is 0 Å². The number of hydrogen-bond acceptors (Lipinski definition) is 3. The van der Waals surface area contributed by atoms with Gasteiger partial charge in [0.05, 0.1) is 18.6 Å². The fraction of sp³-hybridized carbons (Fsp3) is 0.571. The Hall–Kier alpha value is -0.870. The van der Waals surface area contributed by atoms with Gasteiger partial charge in [-0.05, 0) is 0 Å². The van der Waals surface area contributed by atoms with Gasteiger partial charge in [0.25, 0.3) is 0 Å². The summed E-state index contributed by atoms with van der Waals surface area (Å²) in [5, 5.41) is 0. The molecule has 0 radical (unpaired) electrons. The summed E-state index contributed by atoms with van der Waals surface area (Å²) in [6, 6.07) is 0. The average Bonchev–Trinajstić information content (AvgIpc) is 2.36. The minimum Gasteiger partial charge on any atom is -0.340 e. The van der Waals surface area contributed by atoms with Gasteiger partial charge in [-0.25, -0.2) is 10.9 Å². The maximum atomic E-state index is 4.94. The van der Waals surface area contributed by atoms with Gasteiger partial charge in [0.15, 0.2) is 0 Å². The van der Waals surface area contributed by atoms with Gasteiger partial charge < -0.3 is 9.40 Å². The molecule has 0 aliphatic heterocycles. The van der Waals surface area contributed by atoms with Crippen LogP contribution in [-0.4, -0.2) is 16.2 Å². The van der Waals surface area contributed by atoms with Crippen LogP contribution in [0.4, 0.5) is 0 Å². The summed E-state index contributed by atoms with van der Waals surface area (Å²) in [7, 11) is 1.94. The van der Waals surface area contributed by atoms with Crippen molar-refractivity contribution in [2.45, 2.75) is 12.8 Å². The first-order valence-corrected chi connectivity index (χ1v) is 3.53. The molecule has 0 fully saturated rings. The molecule has 1 atom stereocenters. The number of nitrogens with two attached hydrogens (primary N) is 1. The van der Waals surface area contributed by atoms with Gasteiger partial charge in [0.1, 0.15) is 0 Å². The Bertz CT molecular complexity index is 221. The average molecular weight is 155 g/mol. The number of hydrogen-bond donors (Lipinski definition) is 1. The number of aromatic nitrogens is 2. The third-order valence-corrected chi connectivity index (χ3v) is 1.58. The van der Waals surface area contributed by atoms with E-state index >= 15 is 0 Å². The normalized spacial score (nSPS) is 13.4. The Morgan fingerprint density at radius 1 is 1.82 bits per heavy atom. The summed E-state index contributed by atoms with van der Waals surface area (Å²) < 4.78 is 1.91. The monoisotopic (exact) mass is 155 g/mol. The quantitative estimate of drug-likeness (QED) is 0.643. The van der Waals surface area contributed by atoms with E-state index in [1.165, 1.54) is 0 Å². The topological polar surface area (TPSA) is 53.1 Å². The van der Waals surface area contributed by atoms with Crippen LogP contribution in [0, 0.1) is 0 Å². The van der Waals surface area contributed by atoms with Gasteiger partial charge in [0.2, 0.25) is 0 Å². The lowest BCUT2D eigenvalue weighted by Gasteiger charge is -2.04. The van der Waals surface area contributed by atoms with Gasteiger partial charge in [-0.3, -0.25) is 0 Å². The van der Waals surface area contributed by atoms with Gasteiger partial charge in [-0.15, -0.1) is 0 Å². The Kier molecular flexibility index (Phi) is 2.62. The zero-order chi connectivity index (χ0) is 8.27. The Labute approximate surface area is 65.9 Å². The highest BCUT2D eigenvalue weighted by Gasteiger charge is 2.06. The van der Waals surface area contributed by atoms with Crippen LogP contribution >= 0.6 is 0 Å². The molecule has 0 amide bonds. The van der Waals surface area contributed by atoms with Crippen LogP contribution in [0.2, 0.25) is 0 Å². The van der Waals surface area contributed by atoms with Crippen molar-refractivity contribution >= 4 is 0 Å². The third-order valence-electron chi connectivity index (χ3n) is 1.58. The van der Waals surface area contributed by atoms with Crippen LogP contribution in [-0.2, 0) is 11.9 Å². The van der Waals surface area contributed by atoms with Crippen molar-refractivity contribution in [1.29, 1.82) is 0 Å². The summed E-state index contributed by atoms with van der Waals surface area (Å²) in [5.74, 6) is 5.20. The standard InChI is InChI=1S/C7H13N3O/c1-6(4-11-8)7-3-10(2)5-9-7/h3,5-6H,4,8H2,1-2H3. The second-order valence-corrected chi connectivity index (χ2v) is 2.70. The van der Waals surface area contributed by atoms with E-state index in [0.717, 1.165) is 5.69 Å². The molecule has 1 heterocycles. The first-order chi connectivity index (χ1) is 5.24. The molecular formula is C7H13N3O. The predicted molar refractivity (Wildman–Crippen MR) is 41.8 cm³/mol. The maximum Gasteiger partial charge on any atom is 0.0946 e. The lowest BCUT2D eigenvalue weighted by Crippen LogP contribution is -2.08. The predicted octanol–water partition coefficient (Wildman–Crippen LogP) is 0.414. The zero-order valence-electron chi connectivity index (χ0n) is 6.82. The molecule has 1 aromatic rings. The fourth-order valence-corrected chi connectivity index (χ4v) is 0.917. The number of rotatable bonds is 3. The van der Waals surface area contributed by atoms with E-state index < -0.39 is 0 Å². The van der Waals surface area contributed by atoms with Crippen molar-refractivity contribution in [2.75, 3.05) is 6.61 Å². The van der Waals surface area contributed by atoms with Crippen LogP contribution in [0.3, 0.4) is 0 Å². The highest BCUT2D eigenvalue weighted by molar-refractivity contribution is 5.02. The molecule has 1 unspecified atom stereocenters. The zero-order valence-corrected chi connectivity index (χ0v) is 6.82. The minimum absolute atomic E-state index is 0.265. The number of imidazole rings is 1. The second-order valence-electron chi connectivity index (χ2n) is 2.70. The summed E-state index contributed by atoms with van der Waals surface area (Å²) in [4.78, 5) is 8.68. The number of nitrogens with zero attached hydrogens (tertiary/aromatic N) is 2. The van der Waals surface area contributed by atoms with E-state index in [2.05, 4.69) is 9.82 Å².